The lowest BCUT2D eigenvalue weighted by Crippen LogP contribution is -2.27. The lowest BCUT2D eigenvalue weighted by molar-refractivity contribution is 0.285. The molecule has 1 heterocycles. The highest BCUT2D eigenvalue weighted by Crippen LogP contribution is 2.35. The summed E-state index contributed by atoms with van der Waals surface area (Å²) in [4.78, 5) is 2.39. The molecule has 64 valence electrons. The van der Waals surface area contributed by atoms with Gasteiger partial charge in [0.25, 0.3) is 0 Å². The summed E-state index contributed by atoms with van der Waals surface area (Å²) in [5.41, 5.74) is 0. The molecule has 1 aliphatic heterocycles. The molecule has 0 radical (unpaired) electrons. The van der Waals surface area contributed by atoms with Crippen molar-refractivity contribution in [2.75, 3.05) is 27.2 Å². The topological polar surface area (TPSA) is 15.3 Å². The Morgan fingerprint density at radius 1 is 1.09 bits per heavy atom. The summed E-state index contributed by atoms with van der Waals surface area (Å²) in [6, 6.07) is 0.868. The van der Waals surface area contributed by atoms with Crippen LogP contribution in [0.2, 0.25) is 0 Å². The van der Waals surface area contributed by atoms with E-state index < -0.39 is 0 Å². The SMILES string of the molecule is CN(C)C1C[C@H]2CNC[C@H]2C1. The second-order valence-electron chi connectivity index (χ2n) is 4.27. The van der Waals surface area contributed by atoms with E-state index >= 15 is 0 Å². The van der Waals surface area contributed by atoms with Crippen molar-refractivity contribution in [2.45, 2.75) is 18.9 Å². The Morgan fingerprint density at radius 2 is 1.64 bits per heavy atom. The quantitative estimate of drug-likeness (QED) is 0.593. The molecule has 11 heavy (non-hydrogen) atoms. The first-order chi connectivity index (χ1) is 5.27. The van der Waals surface area contributed by atoms with E-state index in [4.69, 9.17) is 0 Å². The molecule has 1 N–H and O–H groups in total. The van der Waals surface area contributed by atoms with Gasteiger partial charge in [0.05, 0.1) is 0 Å². The van der Waals surface area contributed by atoms with E-state index in [2.05, 4.69) is 24.3 Å². The first kappa shape index (κ1) is 7.56. The van der Waals surface area contributed by atoms with Crippen LogP contribution in [0.4, 0.5) is 0 Å². The van der Waals surface area contributed by atoms with Crippen LogP contribution in [0.25, 0.3) is 0 Å². The van der Waals surface area contributed by atoms with Gasteiger partial charge in [-0.25, -0.2) is 0 Å². The van der Waals surface area contributed by atoms with E-state index in [-0.39, 0.29) is 0 Å². The maximum atomic E-state index is 3.47. The zero-order valence-corrected chi connectivity index (χ0v) is 7.51. The van der Waals surface area contributed by atoms with Crippen LogP contribution in [0.5, 0.6) is 0 Å². The van der Waals surface area contributed by atoms with Gasteiger partial charge in [-0.15, -0.1) is 0 Å². The van der Waals surface area contributed by atoms with Crippen LogP contribution in [0, 0.1) is 11.8 Å². The minimum absolute atomic E-state index is 0.868. The Hall–Kier alpha value is -0.0800. The first-order valence-electron chi connectivity index (χ1n) is 4.64. The summed E-state index contributed by atoms with van der Waals surface area (Å²) in [7, 11) is 4.41. The number of hydrogen-bond acceptors (Lipinski definition) is 2. The summed E-state index contributed by atoms with van der Waals surface area (Å²) in [6.07, 6.45) is 2.84. The van der Waals surface area contributed by atoms with Gasteiger partial charge in [-0.2, -0.15) is 0 Å². The van der Waals surface area contributed by atoms with Crippen molar-refractivity contribution >= 4 is 0 Å². The fourth-order valence-corrected chi connectivity index (χ4v) is 2.56. The molecule has 0 bridgehead atoms. The lowest BCUT2D eigenvalue weighted by Gasteiger charge is -2.19. The summed E-state index contributed by atoms with van der Waals surface area (Å²) in [6.45, 7) is 2.55. The third-order valence-corrected chi connectivity index (χ3v) is 3.36. The van der Waals surface area contributed by atoms with Gasteiger partial charge in [-0.3, -0.25) is 0 Å². The Bertz CT molecular complexity index is 132. The van der Waals surface area contributed by atoms with Crippen molar-refractivity contribution in [1.29, 1.82) is 0 Å². The van der Waals surface area contributed by atoms with Crippen LogP contribution in [-0.4, -0.2) is 38.1 Å². The van der Waals surface area contributed by atoms with Gasteiger partial charge in [-0.1, -0.05) is 0 Å². The summed E-state index contributed by atoms with van der Waals surface area (Å²) < 4.78 is 0. The number of nitrogens with zero attached hydrogens (tertiary/aromatic N) is 1. The molecule has 2 rings (SSSR count). The summed E-state index contributed by atoms with van der Waals surface area (Å²) in [5, 5.41) is 3.47. The molecule has 2 fully saturated rings. The van der Waals surface area contributed by atoms with Crippen molar-refractivity contribution < 1.29 is 0 Å². The minimum atomic E-state index is 0.868. The molecule has 1 unspecified atom stereocenters. The molecule has 0 aromatic carbocycles. The maximum Gasteiger partial charge on any atom is 0.00956 e. The highest BCUT2D eigenvalue weighted by molar-refractivity contribution is 4.93. The molecule has 0 spiro atoms. The molecule has 3 atom stereocenters. The first-order valence-corrected chi connectivity index (χ1v) is 4.64. The molecule has 2 aliphatic rings. The second-order valence-corrected chi connectivity index (χ2v) is 4.27. The Morgan fingerprint density at radius 3 is 2.09 bits per heavy atom. The molecule has 2 heteroatoms. The summed E-state index contributed by atoms with van der Waals surface area (Å²) in [5.74, 6) is 1.98. The Labute approximate surface area is 69.0 Å². The van der Waals surface area contributed by atoms with Crippen LogP contribution in [0.1, 0.15) is 12.8 Å². The standard InChI is InChI=1S/C9H18N2/c1-11(2)9-3-7-5-10-6-8(7)4-9/h7-10H,3-6H2,1-2H3/t7-,8+,9?. The van der Waals surface area contributed by atoms with Crippen molar-refractivity contribution in [3.63, 3.8) is 0 Å². The number of rotatable bonds is 1. The molecule has 0 aromatic rings. The van der Waals surface area contributed by atoms with E-state index in [1.54, 1.807) is 0 Å². The predicted molar refractivity (Wildman–Crippen MR) is 46.6 cm³/mol. The molecular formula is C9H18N2. The fourth-order valence-electron chi connectivity index (χ4n) is 2.56. The second kappa shape index (κ2) is 2.76. The van der Waals surface area contributed by atoms with Gasteiger partial charge in [0.1, 0.15) is 0 Å². The zero-order chi connectivity index (χ0) is 7.84. The monoisotopic (exact) mass is 154 g/mol. The normalized spacial score (nSPS) is 43.4. The molecule has 1 aliphatic carbocycles. The van der Waals surface area contributed by atoms with Crippen molar-refractivity contribution in [3.05, 3.63) is 0 Å². The van der Waals surface area contributed by atoms with Gasteiger partial charge in [0.15, 0.2) is 0 Å². The Kier molecular flexibility index (Phi) is 1.90. The van der Waals surface area contributed by atoms with Crippen LogP contribution >= 0.6 is 0 Å². The van der Waals surface area contributed by atoms with E-state index in [0.717, 1.165) is 17.9 Å². The van der Waals surface area contributed by atoms with Gasteiger partial charge >= 0.3 is 0 Å². The molecular weight excluding hydrogens is 136 g/mol. The van der Waals surface area contributed by atoms with E-state index in [1.807, 2.05) is 0 Å². The molecule has 1 saturated heterocycles. The molecule has 2 nitrogen and oxygen atoms in total. The molecule has 0 aromatic heterocycles. The van der Waals surface area contributed by atoms with Crippen molar-refractivity contribution in [3.8, 4) is 0 Å². The van der Waals surface area contributed by atoms with Gasteiger partial charge in [0, 0.05) is 6.04 Å². The van der Waals surface area contributed by atoms with Crippen LogP contribution in [0.3, 0.4) is 0 Å². The van der Waals surface area contributed by atoms with Crippen LogP contribution in [-0.2, 0) is 0 Å². The van der Waals surface area contributed by atoms with E-state index in [1.165, 1.54) is 25.9 Å². The number of hydrogen-bond donors (Lipinski definition) is 1. The summed E-state index contributed by atoms with van der Waals surface area (Å²) >= 11 is 0. The van der Waals surface area contributed by atoms with E-state index in [9.17, 15) is 0 Å². The fraction of sp³-hybridized carbons (Fsp3) is 1.00. The smallest absolute Gasteiger partial charge is 0.00956 e. The maximum absolute atomic E-state index is 3.47. The zero-order valence-electron chi connectivity index (χ0n) is 7.51. The van der Waals surface area contributed by atoms with Crippen molar-refractivity contribution in [2.24, 2.45) is 11.8 Å². The van der Waals surface area contributed by atoms with Gasteiger partial charge in [-0.05, 0) is 51.9 Å². The minimum Gasteiger partial charge on any atom is -0.316 e. The highest BCUT2D eigenvalue weighted by Gasteiger charge is 2.37. The molecule has 0 amide bonds. The predicted octanol–water partition coefficient (Wildman–Crippen LogP) is 0.546. The van der Waals surface area contributed by atoms with E-state index in [0.29, 0.717) is 0 Å². The highest BCUT2D eigenvalue weighted by atomic mass is 15.1. The van der Waals surface area contributed by atoms with Crippen LogP contribution < -0.4 is 5.32 Å². The molecule has 1 saturated carbocycles. The van der Waals surface area contributed by atoms with Crippen molar-refractivity contribution in [1.82, 2.24) is 10.2 Å². The number of fused-ring (bicyclic) bond motifs is 1. The van der Waals surface area contributed by atoms with Gasteiger partial charge in [0.2, 0.25) is 0 Å². The lowest BCUT2D eigenvalue weighted by atomic mass is 10.0. The third-order valence-electron chi connectivity index (χ3n) is 3.36. The van der Waals surface area contributed by atoms with Crippen LogP contribution in [0.15, 0.2) is 0 Å². The third kappa shape index (κ3) is 1.30. The average Bonchev–Trinajstić information content (AvgIpc) is 2.40. The average molecular weight is 154 g/mol. The largest absolute Gasteiger partial charge is 0.316 e. The Balaban J connectivity index is 1.94. The van der Waals surface area contributed by atoms with Gasteiger partial charge < -0.3 is 10.2 Å². The number of nitrogens with one attached hydrogen (secondary N) is 1.